The molecule has 134 valence electrons. The molecule has 0 bridgehead atoms. The van der Waals surface area contributed by atoms with Gasteiger partial charge in [0.05, 0.1) is 24.8 Å². The summed E-state index contributed by atoms with van der Waals surface area (Å²) >= 11 is 0. The Morgan fingerprint density at radius 1 is 1.44 bits per heavy atom. The number of carbonyl (C=O) groups excluding carboxylic acids is 1. The summed E-state index contributed by atoms with van der Waals surface area (Å²) < 4.78 is 7.02. The fourth-order valence-electron chi connectivity index (χ4n) is 3.64. The highest BCUT2D eigenvalue weighted by molar-refractivity contribution is 5.91. The molecule has 2 fully saturated rings. The molecule has 0 aromatic carbocycles. The number of amides is 1. The van der Waals surface area contributed by atoms with E-state index >= 15 is 0 Å². The first-order valence-electron chi connectivity index (χ1n) is 8.99. The van der Waals surface area contributed by atoms with Crippen molar-refractivity contribution in [1.29, 1.82) is 0 Å². The summed E-state index contributed by atoms with van der Waals surface area (Å²) in [6, 6.07) is 2.24. The van der Waals surface area contributed by atoms with E-state index in [0.717, 1.165) is 25.2 Å². The molecule has 1 amide bonds. The van der Waals surface area contributed by atoms with Crippen LogP contribution in [0, 0.1) is 12.8 Å². The summed E-state index contributed by atoms with van der Waals surface area (Å²) in [4.78, 5) is 19.0. The quantitative estimate of drug-likeness (QED) is 0.865. The standard InChI is InChI=1S/C17H24N6O2/c1-11(13-5-6-13)23-15(7-8-18-23)20-16(24)10-22-9-3-4-14(22)17-19-12(2)25-21-17/h7-8,11,13-14H,3-6,9-10H2,1-2H3,(H,20,24)/t11-,14+/m1/s1. The zero-order chi connectivity index (χ0) is 17.4. The molecule has 8 nitrogen and oxygen atoms in total. The second-order valence-corrected chi connectivity index (χ2v) is 7.09. The number of carbonyl (C=O) groups is 1. The Balaban J connectivity index is 1.40. The summed E-state index contributed by atoms with van der Waals surface area (Å²) in [5, 5.41) is 11.4. The van der Waals surface area contributed by atoms with Crippen molar-refractivity contribution in [2.45, 2.75) is 51.6 Å². The van der Waals surface area contributed by atoms with E-state index in [2.05, 4.69) is 32.4 Å². The van der Waals surface area contributed by atoms with E-state index in [1.54, 1.807) is 13.1 Å². The predicted molar refractivity (Wildman–Crippen MR) is 90.9 cm³/mol. The van der Waals surface area contributed by atoms with Crippen LogP contribution in [0.3, 0.4) is 0 Å². The van der Waals surface area contributed by atoms with Gasteiger partial charge in [0, 0.05) is 13.0 Å². The van der Waals surface area contributed by atoms with Gasteiger partial charge in [-0.15, -0.1) is 0 Å². The molecule has 1 saturated heterocycles. The molecule has 8 heteroatoms. The van der Waals surface area contributed by atoms with Crippen LogP contribution in [0.15, 0.2) is 16.8 Å². The maximum absolute atomic E-state index is 12.6. The number of nitrogens with zero attached hydrogens (tertiary/aromatic N) is 5. The number of anilines is 1. The zero-order valence-electron chi connectivity index (χ0n) is 14.7. The maximum atomic E-state index is 12.6. The smallest absolute Gasteiger partial charge is 0.239 e. The van der Waals surface area contributed by atoms with E-state index in [-0.39, 0.29) is 11.9 Å². The number of hydrogen-bond acceptors (Lipinski definition) is 6. The van der Waals surface area contributed by atoms with E-state index in [1.165, 1.54) is 12.8 Å². The third kappa shape index (κ3) is 3.44. The third-order valence-corrected chi connectivity index (χ3v) is 5.18. The summed E-state index contributed by atoms with van der Waals surface area (Å²) in [5.74, 6) is 2.66. The van der Waals surface area contributed by atoms with Crippen LogP contribution in [0.2, 0.25) is 0 Å². The van der Waals surface area contributed by atoms with Gasteiger partial charge in [-0.3, -0.25) is 9.69 Å². The van der Waals surface area contributed by atoms with Gasteiger partial charge < -0.3 is 9.84 Å². The van der Waals surface area contributed by atoms with Crippen molar-refractivity contribution >= 4 is 11.7 Å². The number of nitrogens with one attached hydrogen (secondary N) is 1. The number of aromatic nitrogens is 4. The van der Waals surface area contributed by atoms with Gasteiger partial charge in [0.1, 0.15) is 5.82 Å². The lowest BCUT2D eigenvalue weighted by atomic mass is 10.2. The van der Waals surface area contributed by atoms with Gasteiger partial charge in [0.15, 0.2) is 5.82 Å². The fraction of sp³-hybridized carbons (Fsp3) is 0.647. The first kappa shape index (κ1) is 16.3. The van der Waals surface area contributed by atoms with Crippen LogP contribution < -0.4 is 5.32 Å². The monoisotopic (exact) mass is 344 g/mol. The van der Waals surface area contributed by atoms with Crippen molar-refractivity contribution in [3.8, 4) is 0 Å². The molecule has 0 unspecified atom stereocenters. The van der Waals surface area contributed by atoms with E-state index < -0.39 is 0 Å². The molecule has 1 N–H and O–H groups in total. The largest absolute Gasteiger partial charge is 0.340 e. The summed E-state index contributed by atoms with van der Waals surface area (Å²) in [6.07, 6.45) is 6.21. The van der Waals surface area contributed by atoms with Crippen molar-refractivity contribution in [3.05, 3.63) is 24.0 Å². The SMILES string of the molecule is Cc1nc([C@@H]2CCCN2CC(=O)Nc2ccnn2[C@H](C)C2CC2)no1. The van der Waals surface area contributed by atoms with Crippen molar-refractivity contribution in [1.82, 2.24) is 24.8 Å². The van der Waals surface area contributed by atoms with Gasteiger partial charge >= 0.3 is 0 Å². The number of aryl methyl sites for hydroxylation is 1. The van der Waals surface area contributed by atoms with Gasteiger partial charge in [-0.1, -0.05) is 5.16 Å². The molecule has 2 aromatic heterocycles. The Morgan fingerprint density at radius 2 is 2.28 bits per heavy atom. The van der Waals surface area contributed by atoms with Gasteiger partial charge in [-0.2, -0.15) is 10.1 Å². The van der Waals surface area contributed by atoms with Crippen molar-refractivity contribution in [3.63, 3.8) is 0 Å². The Morgan fingerprint density at radius 3 is 3.00 bits per heavy atom. The zero-order valence-corrected chi connectivity index (χ0v) is 14.7. The minimum Gasteiger partial charge on any atom is -0.340 e. The van der Waals surface area contributed by atoms with Crippen LogP contribution in [-0.4, -0.2) is 43.8 Å². The average molecular weight is 344 g/mol. The molecule has 2 aliphatic rings. The lowest BCUT2D eigenvalue weighted by Gasteiger charge is -2.21. The topological polar surface area (TPSA) is 89.1 Å². The molecule has 25 heavy (non-hydrogen) atoms. The molecule has 3 heterocycles. The lowest BCUT2D eigenvalue weighted by molar-refractivity contribution is -0.117. The van der Waals surface area contributed by atoms with Gasteiger partial charge in [-0.25, -0.2) is 4.68 Å². The molecule has 0 radical (unpaired) electrons. The van der Waals surface area contributed by atoms with Gasteiger partial charge in [0.2, 0.25) is 11.8 Å². The molecular weight excluding hydrogens is 320 g/mol. The Bertz CT molecular complexity index is 750. The predicted octanol–water partition coefficient (Wildman–Crippen LogP) is 2.32. The second-order valence-electron chi connectivity index (χ2n) is 7.09. The Hall–Kier alpha value is -2.22. The van der Waals surface area contributed by atoms with Crippen molar-refractivity contribution in [2.24, 2.45) is 5.92 Å². The molecule has 1 aliphatic carbocycles. The molecule has 2 aromatic rings. The van der Waals surface area contributed by atoms with E-state index in [0.29, 0.717) is 30.2 Å². The minimum atomic E-state index is -0.0307. The minimum absolute atomic E-state index is 0.0307. The lowest BCUT2D eigenvalue weighted by Crippen LogP contribution is -2.34. The molecule has 4 rings (SSSR count). The molecule has 1 saturated carbocycles. The van der Waals surface area contributed by atoms with Crippen LogP contribution in [0.1, 0.15) is 56.4 Å². The molecular formula is C17H24N6O2. The fourth-order valence-corrected chi connectivity index (χ4v) is 3.64. The van der Waals surface area contributed by atoms with E-state index in [4.69, 9.17) is 4.52 Å². The normalized spacial score (nSPS) is 22.2. The first-order chi connectivity index (χ1) is 12.1. The first-order valence-corrected chi connectivity index (χ1v) is 8.99. The van der Waals surface area contributed by atoms with Gasteiger partial charge in [0.25, 0.3) is 0 Å². The number of hydrogen-bond donors (Lipinski definition) is 1. The highest BCUT2D eigenvalue weighted by atomic mass is 16.5. The highest BCUT2D eigenvalue weighted by Crippen LogP contribution is 2.40. The Kier molecular flexibility index (Phi) is 4.29. The van der Waals surface area contributed by atoms with Crippen molar-refractivity contribution < 1.29 is 9.32 Å². The molecule has 1 aliphatic heterocycles. The summed E-state index contributed by atoms with van der Waals surface area (Å²) in [6.45, 7) is 5.13. The Labute approximate surface area is 146 Å². The van der Waals surface area contributed by atoms with Crippen LogP contribution in [-0.2, 0) is 4.79 Å². The van der Waals surface area contributed by atoms with Crippen LogP contribution in [0.5, 0.6) is 0 Å². The average Bonchev–Trinajstić information content (AvgIpc) is 2.94. The van der Waals surface area contributed by atoms with Crippen LogP contribution in [0.25, 0.3) is 0 Å². The van der Waals surface area contributed by atoms with Gasteiger partial charge in [-0.05, 0) is 45.1 Å². The van der Waals surface area contributed by atoms with Crippen molar-refractivity contribution in [2.75, 3.05) is 18.4 Å². The van der Waals surface area contributed by atoms with E-state index in [1.807, 2.05) is 10.7 Å². The number of rotatable bonds is 6. The third-order valence-electron chi connectivity index (χ3n) is 5.18. The highest BCUT2D eigenvalue weighted by Gasteiger charge is 2.32. The van der Waals surface area contributed by atoms with Crippen LogP contribution in [0.4, 0.5) is 5.82 Å². The summed E-state index contributed by atoms with van der Waals surface area (Å²) in [7, 11) is 0. The molecule has 2 atom stereocenters. The van der Waals surface area contributed by atoms with E-state index in [9.17, 15) is 4.79 Å². The second kappa shape index (κ2) is 6.59. The maximum Gasteiger partial charge on any atom is 0.239 e. The van der Waals surface area contributed by atoms with Crippen LogP contribution >= 0.6 is 0 Å². The number of likely N-dealkylation sites (tertiary alicyclic amines) is 1. The molecule has 0 spiro atoms. The summed E-state index contributed by atoms with van der Waals surface area (Å²) in [5.41, 5.74) is 0.